The summed E-state index contributed by atoms with van der Waals surface area (Å²) in [5.74, 6) is 0.893. The lowest BCUT2D eigenvalue weighted by Gasteiger charge is -2.32. The van der Waals surface area contributed by atoms with Gasteiger partial charge in [0.15, 0.2) is 0 Å². The van der Waals surface area contributed by atoms with Crippen LogP contribution in [0.3, 0.4) is 0 Å². The smallest absolute Gasteiger partial charge is 0.333 e. The lowest BCUT2D eigenvalue weighted by molar-refractivity contribution is -0.299. The minimum absolute atomic E-state index is 0.0924. The normalized spacial score (nSPS) is 15.3. The van der Waals surface area contributed by atoms with Crippen molar-refractivity contribution in [2.24, 2.45) is 5.92 Å². The Kier molecular flexibility index (Phi) is 14.7. The van der Waals surface area contributed by atoms with Gasteiger partial charge in [-0.05, 0) is 94.7 Å². The van der Waals surface area contributed by atoms with Gasteiger partial charge in [0.1, 0.15) is 10.8 Å². The Bertz CT molecular complexity index is 1200. The number of likely N-dealkylation sites (tertiary alicyclic amines) is 1. The van der Waals surface area contributed by atoms with E-state index in [0.717, 1.165) is 53.3 Å². The molecule has 3 rings (SSSR count). The summed E-state index contributed by atoms with van der Waals surface area (Å²) in [6.07, 6.45) is 8.17. The second kappa shape index (κ2) is 18.5. The van der Waals surface area contributed by atoms with E-state index in [1.165, 1.54) is 11.3 Å². The molecule has 1 aromatic carbocycles. The first-order valence-electron chi connectivity index (χ1n) is 15.3. The molecule has 1 saturated heterocycles. The number of hydrogen-bond acceptors (Lipinski definition) is 8. The van der Waals surface area contributed by atoms with Crippen molar-refractivity contribution in [1.82, 2.24) is 15.2 Å². The molecule has 2 aromatic rings. The Morgan fingerprint density at radius 3 is 2.51 bits per heavy atom. The maximum atomic E-state index is 13.4. The molecule has 10 heteroatoms. The number of aromatic nitrogens is 1. The van der Waals surface area contributed by atoms with Crippen molar-refractivity contribution < 1.29 is 28.8 Å². The largest absolute Gasteiger partial charge is 0.494 e. The third-order valence-electron chi connectivity index (χ3n) is 7.09. The molecule has 0 unspecified atom stereocenters. The van der Waals surface area contributed by atoms with E-state index in [1.807, 2.05) is 54.5 Å². The number of amides is 2. The first-order chi connectivity index (χ1) is 20.8. The SMILES string of the molecule is CCCCOc1ccc(C[C@H](NC(=O)N2CCC(COOCC)CC2)c2nc(/C=C(C)/C=C(/C)C(=O)OCC)cs2)cc1. The summed E-state index contributed by atoms with van der Waals surface area (Å²) in [5.41, 5.74) is 3.28. The molecule has 0 spiro atoms. The van der Waals surface area contributed by atoms with Crippen LogP contribution < -0.4 is 10.1 Å². The van der Waals surface area contributed by atoms with Gasteiger partial charge >= 0.3 is 12.0 Å². The maximum absolute atomic E-state index is 13.4. The van der Waals surface area contributed by atoms with Crippen molar-refractivity contribution in [3.63, 3.8) is 0 Å². The molecule has 1 aliphatic rings. The number of nitrogens with one attached hydrogen (secondary N) is 1. The topological polar surface area (TPSA) is 99.2 Å². The van der Waals surface area contributed by atoms with E-state index >= 15 is 0 Å². The standard InChI is InChI=1S/C33H47N3O6S/c1-6-9-18-40-29-12-10-26(11-13-29)21-30(35-33(38)36-16-14-27(15-17-36)22-42-41-8-3)31-34-28(23-43-31)20-24(4)19-25(5)32(37)39-7-2/h10-13,19-20,23,27,30H,6-9,14-18,21-22H2,1-5H3,(H,35,38)/b24-20+,25-19-/t30-/m0/s1. The van der Waals surface area contributed by atoms with Crippen molar-refractivity contribution in [3.05, 3.63) is 63.1 Å². The third-order valence-corrected chi connectivity index (χ3v) is 8.07. The van der Waals surface area contributed by atoms with Crippen LogP contribution in [0.4, 0.5) is 4.79 Å². The van der Waals surface area contributed by atoms with E-state index in [2.05, 4.69) is 12.2 Å². The highest BCUT2D eigenvalue weighted by atomic mass is 32.1. The number of esters is 1. The molecule has 1 aliphatic heterocycles. The van der Waals surface area contributed by atoms with Crippen molar-refractivity contribution >= 4 is 29.4 Å². The monoisotopic (exact) mass is 613 g/mol. The molecular weight excluding hydrogens is 566 g/mol. The average Bonchev–Trinajstić information content (AvgIpc) is 3.46. The predicted octanol–water partition coefficient (Wildman–Crippen LogP) is 6.91. The Labute approximate surface area is 260 Å². The number of hydrogen-bond donors (Lipinski definition) is 1. The summed E-state index contributed by atoms with van der Waals surface area (Å²) in [4.78, 5) is 42.4. The van der Waals surface area contributed by atoms with Crippen molar-refractivity contribution in [3.8, 4) is 5.75 Å². The van der Waals surface area contributed by atoms with Crippen LogP contribution in [0.2, 0.25) is 0 Å². The van der Waals surface area contributed by atoms with Gasteiger partial charge in [0, 0.05) is 24.0 Å². The maximum Gasteiger partial charge on any atom is 0.333 e. The molecule has 43 heavy (non-hydrogen) atoms. The molecule has 1 N–H and O–H groups in total. The first-order valence-corrected chi connectivity index (χ1v) is 16.2. The molecule has 2 amide bonds. The highest BCUT2D eigenvalue weighted by Gasteiger charge is 2.26. The Balaban J connectivity index is 1.72. The van der Waals surface area contributed by atoms with Crippen molar-refractivity contribution in [1.29, 1.82) is 0 Å². The van der Waals surface area contributed by atoms with Gasteiger partial charge in [0.25, 0.3) is 0 Å². The number of thiazole rings is 1. The summed E-state index contributed by atoms with van der Waals surface area (Å²) in [6.45, 7) is 12.9. The minimum Gasteiger partial charge on any atom is -0.494 e. The summed E-state index contributed by atoms with van der Waals surface area (Å²) >= 11 is 1.51. The van der Waals surface area contributed by atoms with Crippen LogP contribution in [-0.2, 0) is 25.7 Å². The predicted molar refractivity (Wildman–Crippen MR) is 170 cm³/mol. The number of allylic oxidation sites excluding steroid dienone is 2. The van der Waals surface area contributed by atoms with E-state index in [-0.39, 0.29) is 18.0 Å². The van der Waals surface area contributed by atoms with E-state index in [9.17, 15) is 9.59 Å². The van der Waals surface area contributed by atoms with Crippen LogP contribution in [0.1, 0.15) is 82.6 Å². The summed E-state index contributed by atoms with van der Waals surface area (Å²) in [5, 5.41) is 6.05. The Morgan fingerprint density at radius 2 is 1.84 bits per heavy atom. The van der Waals surface area contributed by atoms with E-state index in [4.69, 9.17) is 24.2 Å². The van der Waals surface area contributed by atoms with E-state index in [0.29, 0.717) is 57.4 Å². The van der Waals surface area contributed by atoms with Crippen LogP contribution >= 0.6 is 11.3 Å². The Morgan fingerprint density at radius 1 is 1.09 bits per heavy atom. The van der Waals surface area contributed by atoms with Crippen LogP contribution in [0, 0.1) is 5.92 Å². The molecule has 0 aliphatic carbocycles. The molecule has 9 nitrogen and oxygen atoms in total. The number of carbonyl (C=O) groups is 2. The second-order valence-electron chi connectivity index (χ2n) is 10.7. The molecule has 0 radical (unpaired) electrons. The van der Waals surface area contributed by atoms with Crippen LogP contribution in [0.5, 0.6) is 5.75 Å². The van der Waals surface area contributed by atoms with Crippen LogP contribution in [-0.4, -0.2) is 61.4 Å². The van der Waals surface area contributed by atoms with Gasteiger partial charge < -0.3 is 19.7 Å². The van der Waals surface area contributed by atoms with Crippen molar-refractivity contribution in [2.45, 2.75) is 72.8 Å². The van der Waals surface area contributed by atoms with Crippen LogP contribution in [0.15, 0.2) is 46.9 Å². The van der Waals surface area contributed by atoms with Gasteiger partial charge in [-0.25, -0.2) is 24.3 Å². The second-order valence-corrected chi connectivity index (χ2v) is 11.6. The zero-order chi connectivity index (χ0) is 31.0. The fourth-order valence-electron chi connectivity index (χ4n) is 4.71. The van der Waals surface area contributed by atoms with Gasteiger partial charge in [0.2, 0.25) is 0 Å². The van der Waals surface area contributed by atoms with Gasteiger partial charge in [-0.1, -0.05) is 25.5 Å². The quantitative estimate of drug-likeness (QED) is 0.0549. The number of benzene rings is 1. The number of piperidine rings is 1. The lowest BCUT2D eigenvalue weighted by Crippen LogP contribution is -2.46. The number of ether oxygens (including phenoxy) is 2. The summed E-state index contributed by atoms with van der Waals surface area (Å²) in [7, 11) is 0. The number of unbranched alkanes of at least 4 members (excludes halogenated alkanes) is 1. The number of nitrogens with zero attached hydrogens (tertiary/aromatic N) is 2. The van der Waals surface area contributed by atoms with Gasteiger partial charge in [-0.2, -0.15) is 0 Å². The molecule has 1 atom stereocenters. The number of carbonyl (C=O) groups excluding carboxylic acids is 2. The van der Waals surface area contributed by atoms with E-state index in [1.54, 1.807) is 19.9 Å². The molecule has 0 saturated carbocycles. The number of rotatable bonds is 16. The molecule has 1 aromatic heterocycles. The van der Waals surface area contributed by atoms with Gasteiger partial charge in [-0.3, -0.25) is 0 Å². The zero-order valence-corrected chi connectivity index (χ0v) is 27.0. The molecule has 1 fully saturated rings. The number of urea groups is 1. The van der Waals surface area contributed by atoms with Crippen LogP contribution in [0.25, 0.3) is 6.08 Å². The van der Waals surface area contributed by atoms with Crippen molar-refractivity contribution in [2.75, 3.05) is 39.5 Å². The highest BCUT2D eigenvalue weighted by molar-refractivity contribution is 7.09. The summed E-state index contributed by atoms with van der Waals surface area (Å²) < 4.78 is 10.9. The fourth-order valence-corrected chi connectivity index (χ4v) is 5.54. The zero-order valence-electron chi connectivity index (χ0n) is 26.2. The minimum atomic E-state index is -0.329. The molecule has 236 valence electrons. The van der Waals surface area contributed by atoms with Gasteiger partial charge in [0.05, 0.1) is 38.2 Å². The van der Waals surface area contributed by atoms with Gasteiger partial charge in [-0.15, -0.1) is 11.3 Å². The van der Waals surface area contributed by atoms with E-state index < -0.39 is 0 Å². The highest BCUT2D eigenvalue weighted by Crippen LogP contribution is 2.26. The molecule has 2 heterocycles. The average molecular weight is 614 g/mol. The molecule has 0 bridgehead atoms. The molecular formula is C33H47N3O6S. The summed E-state index contributed by atoms with van der Waals surface area (Å²) in [6, 6.07) is 7.66. The first kappa shape index (κ1) is 34.3. The Hall–Kier alpha value is -3.21. The fraction of sp³-hybridized carbons (Fsp3) is 0.545. The third kappa shape index (κ3) is 11.8. The lowest BCUT2D eigenvalue weighted by atomic mass is 9.98.